The summed E-state index contributed by atoms with van der Waals surface area (Å²) in [6, 6.07) is 19.3. The fraction of sp³-hybridized carbons (Fsp3) is 0.138. The number of nitrogens with one attached hydrogen (secondary N) is 1. The Labute approximate surface area is 218 Å². The van der Waals surface area contributed by atoms with E-state index in [0.717, 1.165) is 32.7 Å². The molecule has 5 rings (SSSR count). The maximum Gasteiger partial charge on any atom is 0.335 e. The van der Waals surface area contributed by atoms with Gasteiger partial charge in [0.25, 0.3) is 11.8 Å². The van der Waals surface area contributed by atoms with Crippen LogP contribution >= 0.6 is 11.6 Å². The first-order chi connectivity index (χ1) is 17.8. The molecule has 0 unspecified atom stereocenters. The maximum absolute atomic E-state index is 13.3. The van der Waals surface area contributed by atoms with E-state index < -0.39 is 17.8 Å². The smallest absolute Gasteiger partial charge is 0.335 e. The number of barbiturate groups is 1. The van der Waals surface area contributed by atoms with Crippen LogP contribution in [0.15, 0.2) is 78.5 Å². The Kier molecular flexibility index (Phi) is 6.54. The summed E-state index contributed by atoms with van der Waals surface area (Å²) in [5.41, 5.74) is 4.08. The summed E-state index contributed by atoms with van der Waals surface area (Å²) in [5, 5.41) is 3.60. The number of hydrogen-bond acceptors (Lipinski definition) is 4. The summed E-state index contributed by atoms with van der Waals surface area (Å²) in [6.45, 7) is 5.06. The molecule has 1 saturated heterocycles. The molecule has 0 aliphatic carbocycles. The number of benzene rings is 3. The van der Waals surface area contributed by atoms with E-state index in [1.165, 1.54) is 6.08 Å². The van der Waals surface area contributed by atoms with Crippen LogP contribution in [0.25, 0.3) is 17.0 Å². The van der Waals surface area contributed by atoms with E-state index in [9.17, 15) is 14.4 Å². The molecule has 1 aliphatic heterocycles. The first-order valence-electron chi connectivity index (χ1n) is 11.8. The Morgan fingerprint density at radius 1 is 0.946 bits per heavy atom. The summed E-state index contributed by atoms with van der Waals surface area (Å²) < 4.78 is 8.01. The Bertz CT molecular complexity index is 1550. The molecule has 4 amide bonds. The number of rotatable bonds is 6. The van der Waals surface area contributed by atoms with Gasteiger partial charge < -0.3 is 9.30 Å². The zero-order chi connectivity index (χ0) is 26.1. The number of imide groups is 2. The van der Waals surface area contributed by atoms with Crippen molar-refractivity contribution >= 4 is 52.1 Å². The molecule has 0 atom stereocenters. The number of carbonyl (C=O) groups excluding carboxylic acids is 3. The topological polar surface area (TPSA) is 80.6 Å². The van der Waals surface area contributed by atoms with Gasteiger partial charge in [-0.05, 0) is 73.5 Å². The highest BCUT2D eigenvalue weighted by Crippen LogP contribution is 2.27. The lowest BCUT2D eigenvalue weighted by molar-refractivity contribution is -0.122. The van der Waals surface area contributed by atoms with Gasteiger partial charge in [0.05, 0.1) is 12.2 Å². The number of urea groups is 1. The van der Waals surface area contributed by atoms with Crippen LogP contribution in [0.5, 0.6) is 5.75 Å². The number of halogens is 1. The van der Waals surface area contributed by atoms with E-state index in [1.54, 1.807) is 24.3 Å². The van der Waals surface area contributed by atoms with Crippen molar-refractivity contribution in [3.05, 3.63) is 100 Å². The van der Waals surface area contributed by atoms with Crippen molar-refractivity contribution in [1.82, 2.24) is 9.88 Å². The number of ether oxygens (including phenoxy) is 1. The van der Waals surface area contributed by atoms with Gasteiger partial charge in [-0.15, -0.1) is 0 Å². The van der Waals surface area contributed by atoms with Gasteiger partial charge in [-0.25, -0.2) is 9.69 Å². The minimum absolute atomic E-state index is 0.135. The third-order valence-electron chi connectivity index (χ3n) is 6.10. The van der Waals surface area contributed by atoms with E-state index in [2.05, 4.69) is 11.4 Å². The normalized spacial score (nSPS) is 14.9. The van der Waals surface area contributed by atoms with Crippen molar-refractivity contribution in [2.75, 3.05) is 11.5 Å². The number of aromatic nitrogens is 1. The SMILES string of the molecule is Cc1cc(C)cc(OCCn2cc(C=C3C(=O)NC(=O)N(c4ccc(Cl)cc4)C3=O)c3ccccc32)c1. The second kappa shape index (κ2) is 9.95. The third-order valence-corrected chi connectivity index (χ3v) is 6.35. The van der Waals surface area contributed by atoms with Crippen molar-refractivity contribution < 1.29 is 19.1 Å². The van der Waals surface area contributed by atoms with Crippen molar-refractivity contribution in [3.63, 3.8) is 0 Å². The average Bonchev–Trinajstić information content (AvgIpc) is 3.20. The summed E-state index contributed by atoms with van der Waals surface area (Å²) in [7, 11) is 0. The summed E-state index contributed by atoms with van der Waals surface area (Å²) in [6.07, 6.45) is 3.41. The number of fused-ring (bicyclic) bond motifs is 1. The first-order valence-corrected chi connectivity index (χ1v) is 12.1. The lowest BCUT2D eigenvalue weighted by Gasteiger charge is -2.26. The van der Waals surface area contributed by atoms with E-state index in [4.69, 9.17) is 16.3 Å². The van der Waals surface area contributed by atoms with Crippen molar-refractivity contribution in [2.24, 2.45) is 0 Å². The minimum Gasteiger partial charge on any atom is -0.492 e. The van der Waals surface area contributed by atoms with E-state index in [-0.39, 0.29) is 5.57 Å². The Hall–Kier alpha value is -4.36. The molecule has 2 heterocycles. The zero-order valence-electron chi connectivity index (χ0n) is 20.3. The summed E-state index contributed by atoms with van der Waals surface area (Å²) in [4.78, 5) is 39.4. The monoisotopic (exact) mass is 513 g/mol. The van der Waals surface area contributed by atoms with Gasteiger partial charge in [0, 0.05) is 27.7 Å². The van der Waals surface area contributed by atoms with Crippen molar-refractivity contribution in [2.45, 2.75) is 20.4 Å². The van der Waals surface area contributed by atoms with Crippen LogP contribution < -0.4 is 15.0 Å². The van der Waals surface area contributed by atoms with Crippen molar-refractivity contribution in [3.8, 4) is 5.75 Å². The van der Waals surface area contributed by atoms with Crippen molar-refractivity contribution in [1.29, 1.82) is 0 Å². The molecule has 0 bridgehead atoms. The van der Waals surface area contributed by atoms with Crippen LogP contribution in [0.2, 0.25) is 5.02 Å². The number of para-hydroxylation sites is 1. The van der Waals surface area contributed by atoms with Gasteiger partial charge in [0.2, 0.25) is 0 Å². The number of carbonyl (C=O) groups is 3. The minimum atomic E-state index is -0.805. The van der Waals surface area contributed by atoms with Gasteiger partial charge in [-0.2, -0.15) is 0 Å². The van der Waals surface area contributed by atoms with E-state index >= 15 is 0 Å². The van der Waals surface area contributed by atoms with E-state index in [1.807, 2.05) is 61.0 Å². The van der Waals surface area contributed by atoms with Crippen LogP contribution in [0.1, 0.15) is 16.7 Å². The summed E-state index contributed by atoms with van der Waals surface area (Å²) >= 11 is 5.94. The van der Waals surface area contributed by atoms with Gasteiger partial charge in [0.1, 0.15) is 17.9 Å². The fourth-order valence-electron chi connectivity index (χ4n) is 4.49. The van der Waals surface area contributed by atoms with E-state index in [0.29, 0.717) is 29.4 Å². The lowest BCUT2D eigenvalue weighted by Crippen LogP contribution is -2.54. The van der Waals surface area contributed by atoms with Gasteiger partial charge >= 0.3 is 6.03 Å². The Balaban J connectivity index is 1.44. The molecule has 1 aromatic heterocycles. The largest absolute Gasteiger partial charge is 0.492 e. The quantitative estimate of drug-likeness (QED) is 0.266. The van der Waals surface area contributed by atoms with Crippen LogP contribution in [-0.2, 0) is 16.1 Å². The molecule has 0 spiro atoms. The molecule has 3 aromatic carbocycles. The number of anilines is 1. The Morgan fingerprint density at radius 3 is 2.38 bits per heavy atom. The molecule has 0 saturated carbocycles. The number of hydrogen-bond donors (Lipinski definition) is 1. The van der Waals surface area contributed by atoms with Gasteiger partial charge in [-0.1, -0.05) is 35.9 Å². The molecule has 4 aromatic rings. The highest BCUT2D eigenvalue weighted by atomic mass is 35.5. The van der Waals surface area contributed by atoms with Crippen LogP contribution in [-0.4, -0.2) is 29.0 Å². The van der Waals surface area contributed by atoms with Gasteiger partial charge in [0.15, 0.2) is 0 Å². The number of aryl methyl sites for hydroxylation is 2. The predicted molar refractivity (Wildman–Crippen MR) is 144 cm³/mol. The molecular weight excluding hydrogens is 490 g/mol. The fourth-order valence-corrected chi connectivity index (χ4v) is 4.62. The van der Waals surface area contributed by atoms with Gasteiger partial charge in [-0.3, -0.25) is 14.9 Å². The highest BCUT2D eigenvalue weighted by Gasteiger charge is 2.37. The second-order valence-electron chi connectivity index (χ2n) is 8.90. The molecule has 186 valence electrons. The molecule has 1 fully saturated rings. The number of amides is 4. The second-order valence-corrected chi connectivity index (χ2v) is 9.34. The molecule has 1 N–H and O–H groups in total. The lowest BCUT2D eigenvalue weighted by atomic mass is 10.1. The standard InChI is InChI=1S/C29H24ClN3O4/c1-18-13-19(2)15-23(14-18)37-12-11-32-17-20(24-5-3-4-6-26(24)32)16-25-27(34)31-29(36)33(28(25)35)22-9-7-21(30)8-10-22/h3-10,13-17H,11-12H2,1-2H3,(H,31,34,36). The predicted octanol–water partition coefficient (Wildman–Crippen LogP) is 5.66. The Morgan fingerprint density at radius 2 is 1.65 bits per heavy atom. The zero-order valence-corrected chi connectivity index (χ0v) is 21.1. The average molecular weight is 514 g/mol. The molecule has 7 nitrogen and oxygen atoms in total. The van der Waals surface area contributed by atoms with Crippen LogP contribution in [0.3, 0.4) is 0 Å². The molecule has 8 heteroatoms. The first kappa shape index (κ1) is 24.3. The molecule has 0 radical (unpaired) electrons. The molecule has 1 aliphatic rings. The van der Waals surface area contributed by atoms with Crippen LogP contribution in [0, 0.1) is 13.8 Å². The maximum atomic E-state index is 13.3. The third kappa shape index (κ3) is 4.99. The summed E-state index contributed by atoms with van der Waals surface area (Å²) in [5.74, 6) is -0.631. The van der Waals surface area contributed by atoms with Crippen LogP contribution in [0.4, 0.5) is 10.5 Å². The number of nitrogens with zero attached hydrogens (tertiary/aromatic N) is 2. The highest BCUT2D eigenvalue weighted by molar-refractivity contribution is 6.39. The molecular formula is C29H24ClN3O4. The molecule has 37 heavy (non-hydrogen) atoms.